The Kier molecular flexibility index (Phi) is 4.69. The van der Waals surface area contributed by atoms with Crippen molar-refractivity contribution in [3.8, 4) is 0 Å². The summed E-state index contributed by atoms with van der Waals surface area (Å²) in [6.45, 7) is 4.35. The van der Waals surface area contributed by atoms with Gasteiger partial charge in [-0.05, 0) is 57.6 Å². The summed E-state index contributed by atoms with van der Waals surface area (Å²) in [7, 11) is 1.73. The molecule has 4 heterocycles. The number of hydrogen-bond donors (Lipinski definition) is 0. The molecule has 7 rings (SSSR count). The minimum absolute atomic E-state index is 0.0407. The highest BCUT2D eigenvalue weighted by Crippen LogP contribution is 2.75. The molecule has 178 valence electrons. The molecule has 4 aliphatic rings. The SMILES string of the molecule is Cc1nc2nc([C@@H]3CCO[C@H](c4ccc(=O)n(C)c4)C3)nc(C34CC(C(F)F)(C3)C4)c2nc1C. The molecule has 0 N–H and O–H groups in total. The molecule has 2 atom stereocenters. The first-order valence-corrected chi connectivity index (χ1v) is 11.8. The van der Waals surface area contributed by atoms with Gasteiger partial charge in [-0.2, -0.15) is 0 Å². The first-order chi connectivity index (χ1) is 16.2. The third-order valence-corrected chi connectivity index (χ3v) is 8.13. The number of alkyl halides is 2. The largest absolute Gasteiger partial charge is 0.373 e. The summed E-state index contributed by atoms with van der Waals surface area (Å²) in [4.78, 5) is 31.1. The number of pyridine rings is 1. The first kappa shape index (κ1) is 21.7. The van der Waals surface area contributed by atoms with Crippen LogP contribution in [0, 0.1) is 19.3 Å². The molecular weight excluding hydrogens is 440 g/mol. The Morgan fingerprint density at radius 3 is 2.53 bits per heavy atom. The van der Waals surface area contributed by atoms with Crippen molar-refractivity contribution in [1.82, 2.24) is 24.5 Å². The van der Waals surface area contributed by atoms with Crippen LogP contribution >= 0.6 is 0 Å². The summed E-state index contributed by atoms with van der Waals surface area (Å²) in [5.41, 5.74) is 3.28. The third-order valence-electron chi connectivity index (χ3n) is 8.13. The van der Waals surface area contributed by atoms with E-state index in [2.05, 4.69) is 0 Å². The molecule has 1 saturated heterocycles. The van der Waals surface area contributed by atoms with Crippen molar-refractivity contribution in [3.63, 3.8) is 0 Å². The van der Waals surface area contributed by atoms with Gasteiger partial charge < -0.3 is 9.30 Å². The molecule has 3 aromatic rings. The maximum absolute atomic E-state index is 13.6. The monoisotopic (exact) mass is 467 g/mol. The Morgan fingerprint density at radius 1 is 1.09 bits per heavy atom. The number of hydrogen-bond acceptors (Lipinski definition) is 6. The Labute approximate surface area is 195 Å². The zero-order valence-electron chi connectivity index (χ0n) is 19.5. The van der Waals surface area contributed by atoms with Gasteiger partial charge >= 0.3 is 0 Å². The van der Waals surface area contributed by atoms with Gasteiger partial charge in [-0.25, -0.2) is 28.7 Å². The van der Waals surface area contributed by atoms with E-state index in [1.165, 1.54) is 0 Å². The lowest BCUT2D eigenvalue weighted by atomic mass is 9.34. The Morgan fingerprint density at radius 2 is 1.82 bits per heavy atom. The van der Waals surface area contributed by atoms with E-state index in [0.717, 1.165) is 29.1 Å². The number of aromatic nitrogens is 5. The third kappa shape index (κ3) is 3.12. The van der Waals surface area contributed by atoms with E-state index in [1.54, 1.807) is 17.7 Å². The molecule has 34 heavy (non-hydrogen) atoms. The Hall–Kier alpha value is -2.81. The summed E-state index contributed by atoms with van der Waals surface area (Å²) in [6.07, 6.45) is 2.14. The number of halogens is 2. The van der Waals surface area contributed by atoms with Gasteiger partial charge in [0.05, 0.1) is 23.2 Å². The molecule has 3 saturated carbocycles. The summed E-state index contributed by atoms with van der Waals surface area (Å²) >= 11 is 0. The van der Waals surface area contributed by atoms with E-state index in [-0.39, 0.29) is 23.0 Å². The number of rotatable bonds is 4. The van der Waals surface area contributed by atoms with Crippen molar-refractivity contribution in [3.05, 3.63) is 57.2 Å². The van der Waals surface area contributed by atoms with Crippen LogP contribution in [0.1, 0.15) is 72.6 Å². The van der Waals surface area contributed by atoms with Gasteiger partial charge in [0.1, 0.15) is 11.3 Å². The molecule has 1 aliphatic heterocycles. The number of aryl methyl sites for hydroxylation is 3. The zero-order chi connectivity index (χ0) is 23.8. The fraction of sp³-hybridized carbons (Fsp3) is 0.560. The molecular formula is C25H27F2N5O2. The van der Waals surface area contributed by atoms with E-state index in [9.17, 15) is 13.6 Å². The van der Waals surface area contributed by atoms with Crippen LogP contribution in [0.3, 0.4) is 0 Å². The molecule has 7 nitrogen and oxygen atoms in total. The van der Waals surface area contributed by atoms with Gasteiger partial charge in [0.2, 0.25) is 12.0 Å². The highest BCUT2D eigenvalue weighted by Gasteiger charge is 2.73. The van der Waals surface area contributed by atoms with Crippen molar-refractivity contribution >= 4 is 11.2 Å². The van der Waals surface area contributed by atoms with Crippen molar-refractivity contribution in [2.24, 2.45) is 12.5 Å². The zero-order valence-corrected chi connectivity index (χ0v) is 19.5. The van der Waals surface area contributed by atoms with Crippen LogP contribution in [-0.4, -0.2) is 37.5 Å². The second-order valence-corrected chi connectivity index (χ2v) is 10.5. The van der Waals surface area contributed by atoms with Gasteiger partial charge in [0.25, 0.3) is 0 Å². The normalized spacial score (nSPS) is 30.3. The van der Waals surface area contributed by atoms with Crippen LogP contribution in [0.15, 0.2) is 23.1 Å². The van der Waals surface area contributed by atoms with Gasteiger partial charge in [-0.15, -0.1) is 0 Å². The van der Waals surface area contributed by atoms with Crippen LogP contribution in [-0.2, 0) is 17.2 Å². The van der Waals surface area contributed by atoms with Crippen LogP contribution in [0.5, 0.6) is 0 Å². The highest BCUT2D eigenvalue weighted by molar-refractivity contribution is 5.75. The predicted molar refractivity (Wildman–Crippen MR) is 121 cm³/mol. The van der Waals surface area contributed by atoms with Gasteiger partial charge in [0, 0.05) is 42.7 Å². The quantitative estimate of drug-likeness (QED) is 0.576. The maximum atomic E-state index is 13.6. The Balaban J connectivity index is 1.38. The van der Waals surface area contributed by atoms with E-state index in [4.69, 9.17) is 24.7 Å². The average Bonchev–Trinajstić information content (AvgIpc) is 2.74. The van der Waals surface area contributed by atoms with Crippen LogP contribution < -0.4 is 5.56 Å². The summed E-state index contributed by atoms with van der Waals surface area (Å²) in [5, 5.41) is 0. The molecule has 0 spiro atoms. The minimum atomic E-state index is -2.30. The van der Waals surface area contributed by atoms with Gasteiger partial charge in [-0.3, -0.25) is 4.79 Å². The molecule has 0 aromatic carbocycles. The summed E-state index contributed by atoms with van der Waals surface area (Å²) in [6, 6.07) is 3.36. The predicted octanol–water partition coefficient (Wildman–Crippen LogP) is 4.06. The van der Waals surface area contributed by atoms with Crippen LogP contribution in [0.4, 0.5) is 8.78 Å². The summed E-state index contributed by atoms with van der Waals surface area (Å²) < 4.78 is 34.7. The molecule has 0 radical (unpaired) electrons. The van der Waals surface area contributed by atoms with E-state index in [1.807, 2.05) is 26.1 Å². The molecule has 0 amide bonds. The lowest BCUT2D eigenvalue weighted by Crippen LogP contribution is -2.68. The number of nitrogens with zero attached hydrogens (tertiary/aromatic N) is 5. The topological polar surface area (TPSA) is 82.8 Å². The fourth-order valence-corrected chi connectivity index (χ4v) is 6.10. The highest BCUT2D eigenvalue weighted by atomic mass is 19.3. The lowest BCUT2D eigenvalue weighted by molar-refractivity contribution is -0.222. The molecule has 9 heteroatoms. The standard InChI is InChI=1S/C25H27F2N5O2/c1-13-14(2)29-22-19(28-13)20(24-10-25(11-24,12-24)23(26)27)30-21(31-22)15-6-7-34-17(8-15)16-4-5-18(33)32(3)9-16/h4-5,9,15,17,23H,6-8,10-12H2,1-3H3/t15-,17+,24?,25?/m1/s1. The smallest absolute Gasteiger partial charge is 0.250 e. The van der Waals surface area contributed by atoms with Crippen LogP contribution in [0.2, 0.25) is 0 Å². The molecule has 4 fully saturated rings. The molecule has 2 bridgehead atoms. The second kappa shape index (κ2) is 7.34. The van der Waals surface area contributed by atoms with Gasteiger partial charge in [-0.1, -0.05) is 0 Å². The molecule has 3 aliphatic carbocycles. The first-order valence-electron chi connectivity index (χ1n) is 11.8. The van der Waals surface area contributed by atoms with Gasteiger partial charge in [0.15, 0.2) is 5.65 Å². The van der Waals surface area contributed by atoms with E-state index < -0.39 is 11.8 Å². The van der Waals surface area contributed by atoms with Crippen molar-refractivity contribution in [1.29, 1.82) is 0 Å². The average molecular weight is 468 g/mol. The van der Waals surface area contributed by atoms with Crippen molar-refractivity contribution < 1.29 is 13.5 Å². The minimum Gasteiger partial charge on any atom is -0.373 e. The lowest BCUT2D eigenvalue weighted by Gasteiger charge is -2.69. The number of ether oxygens (including phenoxy) is 1. The fourth-order valence-electron chi connectivity index (χ4n) is 6.10. The number of fused-ring (bicyclic) bond motifs is 1. The molecule has 0 unspecified atom stereocenters. The van der Waals surface area contributed by atoms with Crippen molar-refractivity contribution in [2.45, 2.75) is 69.8 Å². The van der Waals surface area contributed by atoms with E-state index in [0.29, 0.717) is 49.3 Å². The van der Waals surface area contributed by atoms with Crippen LogP contribution in [0.25, 0.3) is 11.2 Å². The van der Waals surface area contributed by atoms with Crippen molar-refractivity contribution in [2.75, 3.05) is 6.61 Å². The Bertz CT molecular complexity index is 1350. The maximum Gasteiger partial charge on any atom is 0.250 e. The van der Waals surface area contributed by atoms with E-state index >= 15 is 0 Å². The summed E-state index contributed by atoms with van der Waals surface area (Å²) in [5.74, 6) is 0.730. The molecule has 3 aromatic heterocycles. The second-order valence-electron chi connectivity index (χ2n) is 10.5.